The van der Waals surface area contributed by atoms with Crippen LogP contribution in [0.25, 0.3) is 0 Å². The Bertz CT molecular complexity index is 321. The van der Waals surface area contributed by atoms with Crippen molar-refractivity contribution < 1.29 is 14.6 Å². The Morgan fingerprint density at radius 1 is 1.36 bits per heavy atom. The lowest BCUT2D eigenvalue weighted by Gasteiger charge is -2.14. The van der Waals surface area contributed by atoms with Gasteiger partial charge in [-0.2, -0.15) is 0 Å². The molecule has 74 valence electrons. The Labute approximate surface area is 82.3 Å². The van der Waals surface area contributed by atoms with Crippen molar-refractivity contribution in [1.29, 1.82) is 0 Å². The molecule has 0 unspecified atom stereocenters. The predicted molar refractivity (Wildman–Crippen MR) is 50.8 cm³/mol. The standard InChI is InChI=1S/C11H12O3/c12-7-10-9(6-11(13)14-10)8-4-2-1-3-5-8/h1-5,9-10,12H,6-7H2/t9-,10-/m0/s1. The van der Waals surface area contributed by atoms with E-state index in [2.05, 4.69) is 0 Å². The molecule has 3 nitrogen and oxygen atoms in total. The molecule has 0 aromatic heterocycles. The summed E-state index contributed by atoms with van der Waals surface area (Å²) in [5.74, 6) is -0.216. The first-order chi connectivity index (χ1) is 6.81. The van der Waals surface area contributed by atoms with E-state index in [0.29, 0.717) is 6.42 Å². The molecule has 1 aliphatic heterocycles. The third-order valence-corrected chi connectivity index (χ3v) is 2.53. The fourth-order valence-electron chi connectivity index (χ4n) is 1.81. The number of cyclic esters (lactones) is 1. The van der Waals surface area contributed by atoms with Gasteiger partial charge in [-0.25, -0.2) is 0 Å². The average molecular weight is 192 g/mol. The number of esters is 1. The number of hydrogen-bond acceptors (Lipinski definition) is 3. The Balaban J connectivity index is 2.22. The highest BCUT2D eigenvalue weighted by molar-refractivity contribution is 5.73. The molecule has 0 bridgehead atoms. The van der Waals surface area contributed by atoms with Crippen molar-refractivity contribution in [3.63, 3.8) is 0 Å². The lowest BCUT2D eigenvalue weighted by Crippen LogP contribution is -2.18. The molecule has 2 rings (SSSR count). The molecule has 2 atom stereocenters. The molecule has 0 aliphatic carbocycles. The monoisotopic (exact) mass is 192 g/mol. The van der Waals surface area contributed by atoms with Gasteiger partial charge in [0.25, 0.3) is 0 Å². The van der Waals surface area contributed by atoms with E-state index in [4.69, 9.17) is 9.84 Å². The zero-order chi connectivity index (χ0) is 9.97. The third kappa shape index (κ3) is 1.63. The first-order valence-electron chi connectivity index (χ1n) is 4.66. The summed E-state index contributed by atoms with van der Waals surface area (Å²) < 4.78 is 4.99. The summed E-state index contributed by atoms with van der Waals surface area (Å²) in [5.41, 5.74) is 1.05. The van der Waals surface area contributed by atoms with Gasteiger partial charge >= 0.3 is 5.97 Å². The molecule has 1 aliphatic rings. The van der Waals surface area contributed by atoms with E-state index in [0.717, 1.165) is 5.56 Å². The minimum atomic E-state index is -0.370. The highest BCUT2D eigenvalue weighted by Crippen LogP contribution is 2.31. The summed E-state index contributed by atoms with van der Waals surface area (Å²) in [6.45, 7) is -0.106. The van der Waals surface area contributed by atoms with Crippen molar-refractivity contribution in [1.82, 2.24) is 0 Å². The Hall–Kier alpha value is -1.35. The summed E-state index contributed by atoms with van der Waals surface area (Å²) >= 11 is 0. The van der Waals surface area contributed by atoms with E-state index in [1.807, 2.05) is 30.3 Å². The molecule has 0 saturated carbocycles. The number of rotatable bonds is 2. The zero-order valence-corrected chi connectivity index (χ0v) is 7.72. The number of ether oxygens (including phenoxy) is 1. The van der Waals surface area contributed by atoms with Crippen LogP contribution in [-0.2, 0) is 9.53 Å². The number of carbonyl (C=O) groups is 1. The molecule has 0 amide bonds. The van der Waals surface area contributed by atoms with E-state index in [1.165, 1.54) is 0 Å². The smallest absolute Gasteiger partial charge is 0.306 e. The lowest BCUT2D eigenvalue weighted by molar-refractivity contribution is -0.142. The summed E-state index contributed by atoms with van der Waals surface area (Å²) in [4.78, 5) is 11.1. The maximum atomic E-state index is 11.1. The summed E-state index contributed by atoms with van der Waals surface area (Å²) in [6, 6.07) is 9.68. The second-order valence-electron chi connectivity index (χ2n) is 3.43. The SMILES string of the molecule is O=C1C[C@@H](c2ccccc2)[C@H](CO)O1. The molecule has 1 N–H and O–H groups in total. The van der Waals surface area contributed by atoms with Gasteiger partial charge in [0.1, 0.15) is 6.10 Å². The minimum absolute atomic E-state index is 0.00806. The van der Waals surface area contributed by atoms with Crippen LogP contribution in [0.4, 0.5) is 0 Å². The second kappa shape index (κ2) is 3.80. The van der Waals surface area contributed by atoms with E-state index in [-0.39, 0.29) is 24.6 Å². The molecule has 3 heteroatoms. The normalized spacial score (nSPS) is 26.2. The third-order valence-electron chi connectivity index (χ3n) is 2.53. The van der Waals surface area contributed by atoms with Crippen molar-refractivity contribution in [2.45, 2.75) is 18.4 Å². The van der Waals surface area contributed by atoms with Crippen LogP contribution in [0, 0.1) is 0 Å². The fraction of sp³-hybridized carbons (Fsp3) is 0.364. The molecule has 1 fully saturated rings. The van der Waals surface area contributed by atoms with Gasteiger partial charge < -0.3 is 9.84 Å². The van der Waals surface area contributed by atoms with Crippen LogP contribution in [0.2, 0.25) is 0 Å². The molecule has 14 heavy (non-hydrogen) atoms. The molecule has 1 aromatic rings. The van der Waals surface area contributed by atoms with Crippen molar-refractivity contribution in [3.8, 4) is 0 Å². The predicted octanol–water partition coefficient (Wildman–Crippen LogP) is 1.08. The summed E-state index contributed by atoms with van der Waals surface area (Å²) in [7, 11) is 0. The first kappa shape index (κ1) is 9.21. The second-order valence-corrected chi connectivity index (χ2v) is 3.43. The van der Waals surface area contributed by atoms with Gasteiger partial charge in [-0.05, 0) is 5.56 Å². The van der Waals surface area contributed by atoms with Gasteiger partial charge in [0.15, 0.2) is 0 Å². The van der Waals surface area contributed by atoms with E-state index in [9.17, 15) is 4.79 Å². The van der Waals surface area contributed by atoms with Gasteiger partial charge in [0, 0.05) is 5.92 Å². The van der Waals surface area contributed by atoms with Crippen molar-refractivity contribution in [2.75, 3.05) is 6.61 Å². The average Bonchev–Trinajstić information content (AvgIpc) is 2.61. The zero-order valence-electron chi connectivity index (χ0n) is 7.72. The van der Waals surface area contributed by atoms with Crippen molar-refractivity contribution >= 4 is 5.97 Å². The van der Waals surface area contributed by atoms with E-state index >= 15 is 0 Å². The van der Waals surface area contributed by atoms with Crippen molar-refractivity contribution in [2.24, 2.45) is 0 Å². The lowest BCUT2D eigenvalue weighted by atomic mass is 9.93. The number of aliphatic hydroxyl groups excluding tert-OH is 1. The topological polar surface area (TPSA) is 46.5 Å². The van der Waals surface area contributed by atoms with Gasteiger partial charge in [-0.1, -0.05) is 30.3 Å². The van der Waals surface area contributed by atoms with Crippen molar-refractivity contribution in [3.05, 3.63) is 35.9 Å². The maximum absolute atomic E-state index is 11.1. The molecule has 1 aromatic carbocycles. The van der Waals surface area contributed by atoms with Crippen LogP contribution >= 0.6 is 0 Å². The fourth-order valence-corrected chi connectivity index (χ4v) is 1.81. The molecule has 0 radical (unpaired) electrons. The van der Waals surface area contributed by atoms with Crippen LogP contribution < -0.4 is 0 Å². The Morgan fingerprint density at radius 2 is 2.07 bits per heavy atom. The molecule has 1 heterocycles. The largest absolute Gasteiger partial charge is 0.459 e. The summed E-state index contributed by atoms with van der Waals surface area (Å²) in [5, 5.41) is 9.04. The number of benzene rings is 1. The first-order valence-corrected chi connectivity index (χ1v) is 4.66. The number of hydrogen-bond donors (Lipinski definition) is 1. The quantitative estimate of drug-likeness (QED) is 0.713. The highest BCUT2D eigenvalue weighted by Gasteiger charge is 2.34. The van der Waals surface area contributed by atoms with Gasteiger partial charge in [0.2, 0.25) is 0 Å². The van der Waals surface area contributed by atoms with Crippen LogP contribution in [0.3, 0.4) is 0 Å². The highest BCUT2D eigenvalue weighted by atomic mass is 16.6. The number of carbonyl (C=O) groups excluding carboxylic acids is 1. The van der Waals surface area contributed by atoms with E-state index in [1.54, 1.807) is 0 Å². The van der Waals surface area contributed by atoms with Crippen LogP contribution in [0.1, 0.15) is 17.9 Å². The van der Waals surface area contributed by atoms with Crippen LogP contribution in [-0.4, -0.2) is 23.8 Å². The molecular weight excluding hydrogens is 180 g/mol. The number of aliphatic hydroxyl groups is 1. The molecule has 0 spiro atoms. The Morgan fingerprint density at radius 3 is 2.71 bits per heavy atom. The maximum Gasteiger partial charge on any atom is 0.306 e. The van der Waals surface area contributed by atoms with E-state index < -0.39 is 0 Å². The molecule has 1 saturated heterocycles. The van der Waals surface area contributed by atoms with Gasteiger partial charge in [0.05, 0.1) is 13.0 Å². The van der Waals surface area contributed by atoms with Gasteiger partial charge in [-0.15, -0.1) is 0 Å². The van der Waals surface area contributed by atoms with Crippen LogP contribution in [0.5, 0.6) is 0 Å². The molecular formula is C11H12O3. The van der Waals surface area contributed by atoms with Crippen LogP contribution in [0.15, 0.2) is 30.3 Å². The van der Waals surface area contributed by atoms with Gasteiger partial charge in [-0.3, -0.25) is 4.79 Å². The Kier molecular flexibility index (Phi) is 2.50. The summed E-state index contributed by atoms with van der Waals surface area (Å²) in [6.07, 6.45) is -0.000185. The minimum Gasteiger partial charge on any atom is -0.459 e.